The quantitative estimate of drug-likeness (QED) is 0.882. The average molecular weight is 255 g/mol. The third-order valence-electron chi connectivity index (χ3n) is 2.51. The van der Waals surface area contributed by atoms with Crippen LogP contribution in [0.15, 0.2) is 22.9 Å². The Hall–Kier alpha value is -0.900. The van der Waals surface area contributed by atoms with Gasteiger partial charge in [-0.05, 0) is 34.8 Å². The van der Waals surface area contributed by atoms with Crippen LogP contribution in [0, 0.1) is 5.92 Å². The Kier molecular flexibility index (Phi) is 2.82. The van der Waals surface area contributed by atoms with Gasteiger partial charge in [0.2, 0.25) is 5.91 Å². The summed E-state index contributed by atoms with van der Waals surface area (Å²) in [5.74, 6) is 0.346. The summed E-state index contributed by atoms with van der Waals surface area (Å²) in [7, 11) is 0. The van der Waals surface area contributed by atoms with Crippen molar-refractivity contribution in [2.24, 2.45) is 5.92 Å². The van der Waals surface area contributed by atoms with Crippen LogP contribution in [-0.2, 0) is 4.79 Å². The lowest BCUT2D eigenvalue weighted by Gasteiger charge is -2.24. The average Bonchev–Trinajstić information content (AvgIpc) is 2.05. The minimum atomic E-state index is 0.128. The van der Waals surface area contributed by atoms with Crippen LogP contribution in [0.25, 0.3) is 0 Å². The van der Waals surface area contributed by atoms with Crippen molar-refractivity contribution >= 4 is 27.5 Å². The molecule has 14 heavy (non-hydrogen) atoms. The minimum Gasteiger partial charge on any atom is -0.325 e. The van der Waals surface area contributed by atoms with Crippen molar-refractivity contribution in [3.63, 3.8) is 0 Å². The van der Waals surface area contributed by atoms with E-state index in [2.05, 4.69) is 26.2 Å². The molecule has 1 saturated carbocycles. The summed E-state index contributed by atoms with van der Waals surface area (Å²) in [6.45, 7) is 0. The fraction of sp³-hybridized carbons (Fsp3) is 0.400. The van der Waals surface area contributed by atoms with Gasteiger partial charge in [0, 0.05) is 18.3 Å². The van der Waals surface area contributed by atoms with Crippen molar-refractivity contribution < 1.29 is 4.79 Å². The number of nitrogens with zero attached hydrogens (tertiary/aromatic N) is 1. The number of carbonyl (C=O) groups is 1. The normalized spacial score (nSPS) is 16.1. The molecule has 1 aromatic heterocycles. The first-order valence-electron chi connectivity index (χ1n) is 4.68. The zero-order chi connectivity index (χ0) is 9.97. The molecule has 0 saturated heterocycles. The lowest BCUT2D eigenvalue weighted by Crippen LogP contribution is -2.28. The van der Waals surface area contributed by atoms with Gasteiger partial charge in [-0.15, -0.1) is 0 Å². The van der Waals surface area contributed by atoms with E-state index in [0.29, 0.717) is 0 Å². The second-order valence-corrected chi connectivity index (χ2v) is 4.33. The van der Waals surface area contributed by atoms with E-state index < -0.39 is 0 Å². The van der Waals surface area contributed by atoms with Gasteiger partial charge >= 0.3 is 0 Å². The number of halogens is 1. The van der Waals surface area contributed by atoms with E-state index in [4.69, 9.17) is 0 Å². The highest BCUT2D eigenvalue weighted by molar-refractivity contribution is 9.10. The molecule has 1 N–H and O–H groups in total. The monoisotopic (exact) mass is 254 g/mol. The van der Waals surface area contributed by atoms with Crippen molar-refractivity contribution in [3.8, 4) is 0 Å². The van der Waals surface area contributed by atoms with Crippen molar-refractivity contribution in [2.75, 3.05) is 5.32 Å². The number of pyridine rings is 1. The maximum absolute atomic E-state index is 11.6. The third-order valence-corrected chi connectivity index (χ3v) is 3.14. The van der Waals surface area contributed by atoms with Crippen LogP contribution in [0.3, 0.4) is 0 Å². The van der Waals surface area contributed by atoms with Gasteiger partial charge in [-0.3, -0.25) is 9.78 Å². The van der Waals surface area contributed by atoms with Crippen molar-refractivity contribution in [3.05, 3.63) is 22.9 Å². The molecule has 0 aromatic carbocycles. The predicted octanol–water partition coefficient (Wildman–Crippen LogP) is 2.58. The Balaban J connectivity index is 2.03. The van der Waals surface area contributed by atoms with Crippen LogP contribution in [0.4, 0.5) is 5.69 Å². The number of aromatic nitrogens is 1. The maximum atomic E-state index is 11.6. The van der Waals surface area contributed by atoms with Gasteiger partial charge in [-0.25, -0.2) is 0 Å². The first kappa shape index (κ1) is 9.65. The predicted molar refractivity (Wildman–Crippen MR) is 57.9 cm³/mol. The molecule has 0 unspecified atom stereocenters. The third kappa shape index (κ3) is 1.95. The molecule has 0 aliphatic heterocycles. The summed E-state index contributed by atoms with van der Waals surface area (Å²) in [6, 6.07) is 1.79. The lowest BCUT2D eigenvalue weighted by atomic mass is 9.85. The van der Waals surface area contributed by atoms with Gasteiger partial charge in [0.05, 0.1) is 10.2 Å². The Morgan fingerprint density at radius 1 is 1.57 bits per heavy atom. The molecule has 1 aliphatic carbocycles. The molecule has 0 radical (unpaired) electrons. The molecule has 1 fully saturated rings. The molecule has 4 heteroatoms. The van der Waals surface area contributed by atoms with Crippen LogP contribution < -0.4 is 5.32 Å². The van der Waals surface area contributed by atoms with Crippen molar-refractivity contribution in [2.45, 2.75) is 19.3 Å². The van der Waals surface area contributed by atoms with E-state index in [1.165, 1.54) is 6.42 Å². The topological polar surface area (TPSA) is 42.0 Å². The maximum Gasteiger partial charge on any atom is 0.227 e. The van der Waals surface area contributed by atoms with Crippen LogP contribution in [0.2, 0.25) is 0 Å². The van der Waals surface area contributed by atoms with Crippen LogP contribution >= 0.6 is 15.9 Å². The van der Waals surface area contributed by atoms with E-state index >= 15 is 0 Å². The number of rotatable bonds is 2. The molecule has 1 amide bonds. The second kappa shape index (κ2) is 4.09. The van der Waals surface area contributed by atoms with Gasteiger partial charge in [0.1, 0.15) is 0 Å². The van der Waals surface area contributed by atoms with Gasteiger partial charge < -0.3 is 5.32 Å². The molecule has 74 valence electrons. The molecule has 0 atom stereocenters. The van der Waals surface area contributed by atoms with E-state index in [9.17, 15) is 4.79 Å². The van der Waals surface area contributed by atoms with Crippen LogP contribution in [0.1, 0.15) is 19.3 Å². The molecule has 1 aromatic rings. The van der Waals surface area contributed by atoms with E-state index in [1.807, 2.05) is 0 Å². The highest BCUT2D eigenvalue weighted by Gasteiger charge is 2.25. The standard InChI is InChI=1S/C10H11BrN2O/c11-8-6-12-5-4-9(8)13-10(14)7-2-1-3-7/h4-7H,1-3H2,(H,12,13,14). The van der Waals surface area contributed by atoms with Crippen molar-refractivity contribution in [1.82, 2.24) is 4.98 Å². The smallest absolute Gasteiger partial charge is 0.227 e. The van der Waals surface area contributed by atoms with Gasteiger partial charge in [-0.1, -0.05) is 6.42 Å². The Morgan fingerprint density at radius 3 is 2.93 bits per heavy atom. The zero-order valence-corrected chi connectivity index (χ0v) is 9.25. The summed E-state index contributed by atoms with van der Waals surface area (Å²) >= 11 is 3.34. The lowest BCUT2D eigenvalue weighted by molar-refractivity contribution is -0.122. The van der Waals surface area contributed by atoms with E-state index in [-0.39, 0.29) is 11.8 Å². The zero-order valence-electron chi connectivity index (χ0n) is 7.66. The Morgan fingerprint density at radius 2 is 2.36 bits per heavy atom. The number of nitrogens with one attached hydrogen (secondary N) is 1. The summed E-state index contributed by atoms with van der Waals surface area (Å²) in [6.07, 6.45) is 6.57. The molecular formula is C10H11BrN2O. The number of anilines is 1. The largest absolute Gasteiger partial charge is 0.325 e. The minimum absolute atomic E-state index is 0.128. The van der Waals surface area contributed by atoms with Crippen LogP contribution in [0.5, 0.6) is 0 Å². The Bertz CT molecular complexity index is 350. The van der Waals surface area contributed by atoms with Gasteiger partial charge in [0.15, 0.2) is 0 Å². The summed E-state index contributed by atoms with van der Waals surface area (Å²) in [5.41, 5.74) is 0.803. The van der Waals surface area contributed by atoms with Crippen LogP contribution in [-0.4, -0.2) is 10.9 Å². The van der Waals surface area contributed by atoms with E-state index in [1.54, 1.807) is 18.5 Å². The van der Waals surface area contributed by atoms with Crippen molar-refractivity contribution in [1.29, 1.82) is 0 Å². The number of amides is 1. The fourth-order valence-corrected chi connectivity index (χ4v) is 1.73. The number of hydrogen-bond donors (Lipinski definition) is 1. The molecule has 0 spiro atoms. The second-order valence-electron chi connectivity index (χ2n) is 3.47. The molecule has 2 rings (SSSR count). The molecule has 1 aliphatic rings. The molecule has 3 nitrogen and oxygen atoms in total. The molecule has 1 heterocycles. The highest BCUT2D eigenvalue weighted by Crippen LogP contribution is 2.28. The van der Waals surface area contributed by atoms with Gasteiger partial charge in [-0.2, -0.15) is 0 Å². The number of hydrogen-bond acceptors (Lipinski definition) is 2. The number of carbonyl (C=O) groups excluding carboxylic acids is 1. The fourth-order valence-electron chi connectivity index (χ4n) is 1.38. The summed E-state index contributed by atoms with van der Waals surface area (Å²) in [4.78, 5) is 15.5. The van der Waals surface area contributed by atoms with Gasteiger partial charge in [0.25, 0.3) is 0 Å². The van der Waals surface area contributed by atoms with E-state index in [0.717, 1.165) is 23.0 Å². The highest BCUT2D eigenvalue weighted by atomic mass is 79.9. The summed E-state index contributed by atoms with van der Waals surface area (Å²) < 4.78 is 0.827. The molecule has 0 bridgehead atoms. The summed E-state index contributed by atoms with van der Waals surface area (Å²) in [5, 5.41) is 2.89. The Labute approximate surface area is 91.0 Å². The molecular weight excluding hydrogens is 244 g/mol. The first-order valence-corrected chi connectivity index (χ1v) is 5.47. The first-order chi connectivity index (χ1) is 6.77. The SMILES string of the molecule is O=C(Nc1ccncc1Br)C1CCC1.